The molecule has 0 radical (unpaired) electrons. The molecule has 0 unspecified atom stereocenters. The summed E-state index contributed by atoms with van der Waals surface area (Å²) in [5.41, 5.74) is 6.13. The normalized spacial score (nSPS) is 12.3. The maximum Gasteiger partial charge on any atom is 0.341 e. The van der Waals surface area contributed by atoms with E-state index >= 15 is 0 Å². The van der Waals surface area contributed by atoms with Gasteiger partial charge in [-0.3, -0.25) is 4.79 Å². The number of nitrogens with two attached hydrogens (primary N) is 1. The zero-order chi connectivity index (χ0) is 15.3. The van der Waals surface area contributed by atoms with Crippen molar-refractivity contribution in [2.45, 2.75) is 39.8 Å². The summed E-state index contributed by atoms with van der Waals surface area (Å²) in [6.07, 6.45) is 0.621. The van der Waals surface area contributed by atoms with Gasteiger partial charge in [0.1, 0.15) is 17.1 Å². The Kier molecular flexibility index (Phi) is 5.76. The van der Waals surface area contributed by atoms with Crippen LogP contribution in [0.2, 0.25) is 0 Å². The molecule has 0 aliphatic heterocycles. The Morgan fingerprint density at radius 2 is 2.10 bits per heavy atom. The van der Waals surface area contributed by atoms with Crippen LogP contribution in [0.5, 0.6) is 0 Å². The molecular weight excluding hydrogens is 260 g/mol. The van der Waals surface area contributed by atoms with E-state index in [1.54, 1.807) is 13.0 Å². The van der Waals surface area contributed by atoms with Crippen molar-refractivity contribution in [3.63, 3.8) is 0 Å². The third-order valence-corrected chi connectivity index (χ3v) is 2.87. The molecule has 3 N–H and O–H groups in total. The predicted molar refractivity (Wildman–Crippen MR) is 74.1 cm³/mol. The highest BCUT2D eigenvalue weighted by Crippen LogP contribution is 2.15. The highest BCUT2D eigenvalue weighted by molar-refractivity contribution is 5.90. The molecule has 1 aromatic rings. The van der Waals surface area contributed by atoms with Gasteiger partial charge in [0.2, 0.25) is 5.91 Å². The molecule has 0 saturated heterocycles. The number of hydrogen-bond donors (Lipinski definition) is 2. The van der Waals surface area contributed by atoms with Gasteiger partial charge < -0.3 is 20.2 Å². The second-order valence-electron chi connectivity index (χ2n) is 5.13. The van der Waals surface area contributed by atoms with Crippen LogP contribution in [-0.2, 0) is 16.1 Å². The van der Waals surface area contributed by atoms with Crippen LogP contribution in [0.1, 0.15) is 42.1 Å². The van der Waals surface area contributed by atoms with Crippen molar-refractivity contribution in [1.29, 1.82) is 0 Å². The largest absolute Gasteiger partial charge is 0.465 e. The lowest BCUT2D eigenvalue weighted by molar-refractivity contribution is -0.122. The third-order valence-electron chi connectivity index (χ3n) is 2.87. The molecular formula is C14H22N2O4. The Morgan fingerprint density at radius 1 is 1.45 bits per heavy atom. The Labute approximate surface area is 118 Å². The van der Waals surface area contributed by atoms with Crippen molar-refractivity contribution in [1.82, 2.24) is 5.32 Å². The molecule has 20 heavy (non-hydrogen) atoms. The van der Waals surface area contributed by atoms with E-state index in [-0.39, 0.29) is 12.5 Å². The molecule has 0 bridgehead atoms. The van der Waals surface area contributed by atoms with Crippen LogP contribution in [0.3, 0.4) is 0 Å². The molecule has 0 aliphatic rings. The van der Waals surface area contributed by atoms with Gasteiger partial charge in [0, 0.05) is 0 Å². The van der Waals surface area contributed by atoms with Crippen LogP contribution in [0.4, 0.5) is 0 Å². The topological polar surface area (TPSA) is 94.6 Å². The predicted octanol–water partition coefficient (Wildman–Crippen LogP) is 1.36. The van der Waals surface area contributed by atoms with Crippen LogP contribution in [0.15, 0.2) is 10.5 Å². The molecule has 1 heterocycles. The average Bonchev–Trinajstić information content (AvgIpc) is 2.75. The summed E-state index contributed by atoms with van der Waals surface area (Å²) in [5, 5.41) is 2.69. The molecule has 6 nitrogen and oxygen atoms in total. The average molecular weight is 282 g/mol. The fourth-order valence-electron chi connectivity index (χ4n) is 1.86. The van der Waals surface area contributed by atoms with Crippen LogP contribution >= 0.6 is 0 Å². The standard InChI is InChI=1S/C14H22N2O4/c1-8(2)5-12(15)13(17)16-7-10-6-11(9(3)20-10)14(18)19-4/h6,8,12H,5,7,15H2,1-4H3,(H,16,17)/t12-/m0/s1. The number of aryl methyl sites for hydroxylation is 1. The number of carbonyl (C=O) groups excluding carboxylic acids is 2. The number of amides is 1. The molecule has 0 spiro atoms. The van der Waals surface area contributed by atoms with Gasteiger partial charge in [-0.05, 0) is 25.3 Å². The third kappa shape index (κ3) is 4.38. The molecule has 6 heteroatoms. The molecule has 1 amide bonds. The summed E-state index contributed by atoms with van der Waals surface area (Å²) in [5.74, 6) is 0.626. The smallest absolute Gasteiger partial charge is 0.341 e. The van der Waals surface area contributed by atoms with Gasteiger partial charge in [-0.25, -0.2) is 4.79 Å². The zero-order valence-electron chi connectivity index (χ0n) is 12.4. The van der Waals surface area contributed by atoms with Crippen molar-refractivity contribution >= 4 is 11.9 Å². The summed E-state index contributed by atoms with van der Waals surface area (Å²) in [7, 11) is 1.31. The van der Waals surface area contributed by atoms with E-state index in [4.69, 9.17) is 10.2 Å². The molecule has 0 aliphatic carbocycles. The van der Waals surface area contributed by atoms with E-state index in [1.165, 1.54) is 7.11 Å². The van der Waals surface area contributed by atoms with Crippen LogP contribution in [0.25, 0.3) is 0 Å². The van der Waals surface area contributed by atoms with E-state index in [1.807, 2.05) is 13.8 Å². The molecule has 1 rings (SSSR count). The molecule has 0 fully saturated rings. The lowest BCUT2D eigenvalue weighted by Crippen LogP contribution is -2.40. The molecule has 0 saturated carbocycles. The second-order valence-corrected chi connectivity index (χ2v) is 5.13. The summed E-state index contributed by atoms with van der Waals surface area (Å²) in [4.78, 5) is 23.2. The van der Waals surface area contributed by atoms with Crippen LogP contribution in [0, 0.1) is 12.8 Å². The van der Waals surface area contributed by atoms with E-state index < -0.39 is 12.0 Å². The fourth-order valence-corrected chi connectivity index (χ4v) is 1.86. The minimum absolute atomic E-state index is 0.197. The number of esters is 1. The minimum Gasteiger partial charge on any atom is -0.465 e. The van der Waals surface area contributed by atoms with Gasteiger partial charge in [-0.1, -0.05) is 13.8 Å². The van der Waals surface area contributed by atoms with Gasteiger partial charge >= 0.3 is 5.97 Å². The lowest BCUT2D eigenvalue weighted by atomic mass is 10.0. The van der Waals surface area contributed by atoms with Gasteiger partial charge in [0.25, 0.3) is 0 Å². The van der Waals surface area contributed by atoms with Gasteiger partial charge in [-0.2, -0.15) is 0 Å². The summed E-state index contributed by atoms with van der Waals surface area (Å²) in [6.45, 7) is 5.88. The first-order chi connectivity index (χ1) is 9.35. The van der Waals surface area contributed by atoms with E-state index in [9.17, 15) is 9.59 Å². The molecule has 1 aromatic heterocycles. The van der Waals surface area contributed by atoms with Crippen molar-refractivity contribution in [2.24, 2.45) is 11.7 Å². The van der Waals surface area contributed by atoms with E-state index in [0.717, 1.165) is 0 Å². The minimum atomic E-state index is -0.536. The van der Waals surface area contributed by atoms with Crippen LogP contribution in [-0.4, -0.2) is 25.0 Å². The molecule has 0 aromatic carbocycles. The van der Waals surface area contributed by atoms with Crippen molar-refractivity contribution in [3.05, 3.63) is 23.2 Å². The number of carbonyl (C=O) groups is 2. The first-order valence-corrected chi connectivity index (χ1v) is 6.56. The number of rotatable bonds is 6. The van der Waals surface area contributed by atoms with Gasteiger partial charge in [0.15, 0.2) is 0 Å². The maximum atomic E-state index is 11.8. The SMILES string of the molecule is COC(=O)c1cc(CNC(=O)[C@@H](N)CC(C)C)oc1C. The number of hydrogen-bond acceptors (Lipinski definition) is 5. The summed E-state index contributed by atoms with van der Waals surface area (Å²) >= 11 is 0. The Bertz CT molecular complexity index is 480. The highest BCUT2D eigenvalue weighted by atomic mass is 16.5. The highest BCUT2D eigenvalue weighted by Gasteiger charge is 2.18. The summed E-state index contributed by atoms with van der Waals surface area (Å²) < 4.78 is 10.0. The van der Waals surface area contributed by atoms with Crippen molar-refractivity contribution in [2.75, 3.05) is 7.11 Å². The molecule has 112 valence electrons. The Balaban J connectivity index is 2.58. The number of nitrogens with one attached hydrogen (secondary N) is 1. The lowest BCUT2D eigenvalue weighted by Gasteiger charge is -2.13. The second kappa shape index (κ2) is 7.09. The first-order valence-electron chi connectivity index (χ1n) is 6.56. The van der Waals surface area contributed by atoms with Gasteiger partial charge in [-0.15, -0.1) is 0 Å². The Morgan fingerprint density at radius 3 is 2.65 bits per heavy atom. The number of furan rings is 1. The van der Waals surface area contributed by atoms with Gasteiger partial charge in [0.05, 0.1) is 19.7 Å². The van der Waals surface area contributed by atoms with E-state index in [0.29, 0.717) is 29.4 Å². The van der Waals surface area contributed by atoms with Crippen molar-refractivity contribution < 1.29 is 18.7 Å². The molecule has 1 atom stereocenters. The Hall–Kier alpha value is -1.82. The quantitative estimate of drug-likeness (QED) is 0.768. The fraction of sp³-hybridized carbons (Fsp3) is 0.571. The zero-order valence-corrected chi connectivity index (χ0v) is 12.4. The summed E-state index contributed by atoms with van der Waals surface area (Å²) in [6, 6.07) is 1.03. The van der Waals surface area contributed by atoms with E-state index in [2.05, 4.69) is 10.1 Å². The number of ether oxygens (including phenoxy) is 1. The number of methoxy groups -OCH3 is 1. The van der Waals surface area contributed by atoms with Crippen LogP contribution < -0.4 is 11.1 Å². The maximum absolute atomic E-state index is 11.8. The monoisotopic (exact) mass is 282 g/mol. The first kappa shape index (κ1) is 16.2. The van der Waals surface area contributed by atoms with Crippen molar-refractivity contribution in [3.8, 4) is 0 Å².